The lowest BCUT2D eigenvalue weighted by atomic mass is 10.1. The van der Waals surface area contributed by atoms with Crippen LogP contribution in [0.5, 0.6) is 0 Å². The molecule has 0 aliphatic heterocycles. The van der Waals surface area contributed by atoms with Gasteiger partial charge in [0, 0.05) is 18.8 Å². The second kappa shape index (κ2) is 8.34. The molecule has 2 aromatic rings. The predicted octanol–water partition coefficient (Wildman–Crippen LogP) is 2.83. The van der Waals surface area contributed by atoms with Crippen molar-refractivity contribution in [2.75, 3.05) is 6.61 Å². The number of H-pyrrole nitrogens is 1. The number of hydrogen-bond acceptors (Lipinski definition) is 3. The van der Waals surface area contributed by atoms with Crippen LogP contribution in [0.1, 0.15) is 47.6 Å². The lowest BCUT2D eigenvalue weighted by Gasteiger charge is -2.10. The highest BCUT2D eigenvalue weighted by molar-refractivity contribution is 5.92. The van der Waals surface area contributed by atoms with Gasteiger partial charge in [-0.3, -0.25) is 9.89 Å². The number of aromatic amines is 1. The van der Waals surface area contributed by atoms with Crippen LogP contribution in [0.4, 0.5) is 0 Å². The number of nitrogens with zero attached hydrogens (tertiary/aromatic N) is 1. The maximum Gasteiger partial charge on any atom is 0.272 e. The van der Waals surface area contributed by atoms with E-state index < -0.39 is 0 Å². The zero-order valence-electron chi connectivity index (χ0n) is 13.2. The SMILES string of the molecule is CCCOCc1ccccc1CNC(=O)c1cc(CC)[nH]n1. The van der Waals surface area contributed by atoms with Crippen LogP contribution >= 0.6 is 0 Å². The predicted molar refractivity (Wildman–Crippen MR) is 85.5 cm³/mol. The third-order valence-corrected chi connectivity index (χ3v) is 3.41. The number of nitrogens with one attached hydrogen (secondary N) is 2. The van der Waals surface area contributed by atoms with E-state index in [9.17, 15) is 4.79 Å². The minimum Gasteiger partial charge on any atom is -0.377 e. The molecule has 1 heterocycles. The number of aryl methyl sites for hydroxylation is 1. The van der Waals surface area contributed by atoms with E-state index in [0.717, 1.165) is 36.3 Å². The highest BCUT2D eigenvalue weighted by Crippen LogP contribution is 2.10. The maximum atomic E-state index is 12.1. The van der Waals surface area contributed by atoms with E-state index in [2.05, 4.69) is 22.4 Å². The Labute approximate surface area is 131 Å². The Hall–Kier alpha value is -2.14. The molecule has 0 radical (unpaired) electrons. The number of carbonyl (C=O) groups excluding carboxylic acids is 1. The van der Waals surface area contributed by atoms with Gasteiger partial charge in [0.2, 0.25) is 0 Å². The lowest BCUT2D eigenvalue weighted by molar-refractivity contribution is 0.0944. The summed E-state index contributed by atoms with van der Waals surface area (Å²) in [5.41, 5.74) is 3.56. The molecule has 0 aliphatic carbocycles. The number of rotatable bonds is 8. The van der Waals surface area contributed by atoms with Gasteiger partial charge < -0.3 is 10.1 Å². The van der Waals surface area contributed by atoms with Gasteiger partial charge >= 0.3 is 0 Å². The standard InChI is InChI=1S/C17H23N3O2/c1-3-9-22-12-14-8-6-5-7-13(14)11-18-17(21)16-10-15(4-2)19-20-16/h5-8,10H,3-4,9,11-12H2,1-2H3,(H,18,21)(H,19,20). The fraction of sp³-hybridized carbons (Fsp3) is 0.412. The molecule has 118 valence electrons. The normalized spacial score (nSPS) is 10.6. The molecule has 0 fully saturated rings. The Morgan fingerprint density at radius 2 is 2.05 bits per heavy atom. The van der Waals surface area contributed by atoms with Crippen LogP contribution in [-0.2, 0) is 24.3 Å². The van der Waals surface area contributed by atoms with E-state index in [0.29, 0.717) is 18.8 Å². The zero-order valence-corrected chi connectivity index (χ0v) is 13.2. The highest BCUT2D eigenvalue weighted by atomic mass is 16.5. The second-order valence-corrected chi connectivity index (χ2v) is 5.14. The van der Waals surface area contributed by atoms with E-state index in [1.807, 2.05) is 31.2 Å². The van der Waals surface area contributed by atoms with Crippen molar-refractivity contribution >= 4 is 5.91 Å². The Kier molecular flexibility index (Phi) is 6.15. The first-order chi connectivity index (χ1) is 10.7. The highest BCUT2D eigenvalue weighted by Gasteiger charge is 2.10. The molecule has 1 aromatic carbocycles. The molecule has 2 rings (SSSR count). The van der Waals surface area contributed by atoms with E-state index in [1.54, 1.807) is 6.07 Å². The molecule has 0 atom stereocenters. The molecule has 0 saturated heterocycles. The third-order valence-electron chi connectivity index (χ3n) is 3.41. The summed E-state index contributed by atoms with van der Waals surface area (Å²) in [4.78, 5) is 12.1. The van der Waals surface area contributed by atoms with Crippen molar-refractivity contribution in [2.45, 2.75) is 39.8 Å². The zero-order chi connectivity index (χ0) is 15.8. The summed E-state index contributed by atoms with van der Waals surface area (Å²) in [6.07, 6.45) is 1.83. The largest absolute Gasteiger partial charge is 0.377 e. The first kappa shape index (κ1) is 16.2. The van der Waals surface area contributed by atoms with E-state index in [4.69, 9.17) is 4.74 Å². The van der Waals surface area contributed by atoms with Gasteiger partial charge in [0.05, 0.1) is 6.61 Å². The summed E-state index contributed by atoms with van der Waals surface area (Å²) in [7, 11) is 0. The van der Waals surface area contributed by atoms with Crippen molar-refractivity contribution in [1.82, 2.24) is 15.5 Å². The molecule has 0 aliphatic rings. The van der Waals surface area contributed by atoms with E-state index >= 15 is 0 Å². The molecule has 5 nitrogen and oxygen atoms in total. The smallest absolute Gasteiger partial charge is 0.272 e. The maximum absolute atomic E-state index is 12.1. The van der Waals surface area contributed by atoms with E-state index in [-0.39, 0.29) is 5.91 Å². The number of hydrogen-bond donors (Lipinski definition) is 2. The molecule has 0 bridgehead atoms. The van der Waals surface area contributed by atoms with Gasteiger partial charge in [-0.05, 0) is 30.0 Å². The van der Waals surface area contributed by atoms with Crippen molar-refractivity contribution in [3.05, 3.63) is 52.8 Å². The molecular formula is C17H23N3O2. The Morgan fingerprint density at radius 1 is 1.27 bits per heavy atom. The lowest BCUT2D eigenvalue weighted by Crippen LogP contribution is -2.23. The fourth-order valence-electron chi connectivity index (χ4n) is 2.12. The minimum atomic E-state index is -0.166. The number of carbonyl (C=O) groups is 1. The molecular weight excluding hydrogens is 278 g/mol. The topological polar surface area (TPSA) is 67.0 Å². The third kappa shape index (κ3) is 4.43. The van der Waals surface area contributed by atoms with E-state index in [1.165, 1.54) is 0 Å². The molecule has 0 unspecified atom stereocenters. The van der Waals surface area contributed by atoms with Crippen LogP contribution < -0.4 is 5.32 Å². The molecule has 1 amide bonds. The summed E-state index contributed by atoms with van der Waals surface area (Å²) in [6, 6.07) is 9.77. The van der Waals surface area contributed by atoms with Crippen molar-refractivity contribution in [1.29, 1.82) is 0 Å². The number of benzene rings is 1. The van der Waals surface area contributed by atoms with Crippen LogP contribution in [-0.4, -0.2) is 22.7 Å². The van der Waals surface area contributed by atoms with Gasteiger partial charge in [-0.25, -0.2) is 0 Å². The Bertz CT molecular complexity index is 607. The average molecular weight is 301 g/mol. The van der Waals surface area contributed by atoms with Crippen LogP contribution in [0.15, 0.2) is 30.3 Å². The average Bonchev–Trinajstić information content (AvgIpc) is 3.03. The van der Waals surface area contributed by atoms with Gasteiger partial charge in [-0.1, -0.05) is 38.1 Å². The van der Waals surface area contributed by atoms with Gasteiger partial charge in [0.25, 0.3) is 5.91 Å². The fourth-order valence-corrected chi connectivity index (χ4v) is 2.12. The number of amides is 1. The molecule has 0 saturated carbocycles. The van der Waals surface area contributed by atoms with Gasteiger partial charge in [0.15, 0.2) is 0 Å². The Balaban J connectivity index is 1.94. The molecule has 22 heavy (non-hydrogen) atoms. The van der Waals surface area contributed by atoms with Gasteiger partial charge in [-0.2, -0.15) is 5.10 Å². The van der Waals surface area contributed by atoms with Crippen molar-refractivity contribution < 1.29 is 9.53 Å². The van der Waals surface area contributed by atoms with Crippen molar-refractivity contribution in [2.24, 2.45) is 0 Å². The Morgan fingerprint density at radius 3 is 2.73 bits per heavy atom. The first-order valence-electron chi connectivity index (χ1n) is 7.71. The summed E-state index contributed by atoms with van der Waals surface area (Å²) in [5, 5.41) is 9.78. The van der Waals surface area contributed by atoms with Crippen LogP contribution in [0.2, 0.25) is 0 Å². The molecule has 0 spiro atoms. The molecule has 5 heteroatoms. The molecule has 2 N–H and O–H groups in total. The van der Waals surface area contributed by atoms with Crippen LogP contribution in [0.25, 0.3) is 0 Å². The van der Waals surface area contributed by atoms with Gasteiger partial charge in [0.1, 0.15) is 5.69 Å². The minimum absolute atomic E-state index is 0.166. The number of ether oxygens (including phenoxy) is 1. The first-order valence-corrected chi connectivity index (χ1v) is 7.71. The summed E-state index contributed by atoms with van der Waals surface area (Å²) < 4.78 is 5.59. The van der Waals surface area contributed by atoms with Crippen LogP contribution in [0, 0.1) is 0 Å². The second-order valence-electron chi connectivity index (χ2n) is 5.14. The van der Waals surface area contributed by atoms with Crippen molar-refractivity contribution in [3.8, 4) is 0 Å². The molecule has 1 aromatic heterocycles. The summed E-state index contributed by atoms with van der Waals surface area (Å²) in [6.45, 7) is 5.89. The number of aromatic nitrogens is 2. The summed E-state index contributed by atoms with van der Waals surface area (Å²) >= 11 is 0. The van der Waals surface area contributed by atoms with Gasteiger partial charge in [-0.15, -0.1) is 0 Å². The quantitative estimate of drug-likeness (QED) is 0.737. The summed E-state index contributed by atoms with van der Waals surface area (Å²) in [5.74, 6) is -0.166. The van der Waals surface area contributed by atoms with Crippen LogP contribution in [0.3, 0.4) is 0 Å². The van der Waals surface area contributed by atoms with Crippen molar-refractivity contribution in [3.63, 3.8) is 0 Å². The monoisotopic (exact) mass is 301 g/mol.